The number of amides is 1. The molecular formula is C25H22ClF2N7O. The van der Waals surface area contributed by atoms with Crippen LogP contribution in [0.3, 0.4) is 0 Å². The van der Waals surface area contributed by atoms with E-state index in [1.165, 1.54) is 22.9 Å². The summed E-state index contributed by atoms with van der Waals surface area (Å²) in [6, 6.07) is 9.01. The molecule has 8 nitrogen and oxygen atoms in total. The number of carbonyl (C=O) groups excluding carboxylic acids is 1. The van der Waals surface area contributed by atoms with Crippen LogP contribution >= 0.6 is 11.6 Å². The molecule has 3 heterocycles. The maximum absolute atomic E-state index is 15.1. The lowest BCUT2D eigenvalue weighted by Gasteiger charge is -2.16. The minimum absolute atomic E-state index is 0.112. The van der Waals surface area contributed by atoms with Gasteiger partial charge >= 0.3 is 0 Å². The second-order valence-electron chi connectivity index (χ2n) is 8.77. The van der Waals surface area contributed by atoms with E-state index in [1.807, 2.05) is 7.05 Å². The van der Waals surface area contributed by atoms with Crippen LogP contribution in [0.1, 0.15) is 28.2 Å². The van der Waals surface area contributed by atoms with E-state index < -0.39 is 11.6 Å². The van der Waals surface area contributed by atoms with Gasteiger partial charge in [-0.05, 0) is 44.7 Å². The highest BCUT2D eigenvalue weighted by molar-refractivity contribution is 6.34. The van der Waals surface area contributed by atoms with Crippen molar-refractivity contribution in [1.82, 2.24) is 29.5 Å². The van der Waals surface area contributed by atoms with E-state index >= 15 is 4.39 Å². The third-order valence-electron chi connectivity index (χ3n) is 6.60. The minimum atomic E-state index is -0.719. The molecule has 0 bridgehead atoms. The first-order valence-corrected chi connectivity index (χ1v) is 11.7. The fourth-order valence-corrected chi connectivity index (χ4v) is 4.81. The number of nitrogens with one attached hydrogen (secondary N) is 1. The molecule has 2 aromatic carbocycles. The first kappa shape index (κ1) is 23.9. The van der Waals surface area contributed by atoms with E-state index in [-0.39, 0.29) is 39.7 Å². The van der Waals surface area contributed by atoms with Gasteiger partial charge in [-0.2, -0.15) is 10.4 Å². The summed E-state index contributed by atoms with van der Waals surface area (Å²) in [5.74, 6) is -1.34. The van der Waals surface area contributed by atoms with Gasteiger partial charge in [0.05, 0.1) is 16.9 Å². The summed E-state index contributed by atoms with van der Waals surface area (Å²) in [6.07, 6.45) is 0.817. The van der Waals surface area contributed by atoms with Gasteiger partial charge in [-0.3, -0.25) is 14.0 Å². The number of hydrogen-bond donors (Lipinski definition) is 1. The first-order valence-electron chi connectivity index (χ1n) is 11.3. The zero-order valence-electron chi connectivity index (χ0n) is 19.8. The maximum Gasteiger partial charge on any atom is 0.274 e. The third kappa shape index (κ3) is 3.81. The van der Waals surface area contributed by atoms with Gasteiger partial charge in [0, 0.05) is 43.2 Å². The van der Waals surface area contributed by atoms with Crippen molar-refractivity contribution in [1.29, 1.82) is 5.26 Å². The lowest BCUT2D eigenvalue weighted by atomic mass is 10.1. The molecule has 0 unspecified atom stereocenters. The average molecular weight is 510 g/mol. The van der Waals surface area contributed by atoms with Crippen molar-refractivity contribution < 1.29 is 13.6 Å². The predicted molar refractivity (Wildman–Crippen MR) is 131 cm³/mol. The molecular weight excluding hydrogens is 488 g/mol. The largest absolute Gasteiger partial charge is 0.336 e. The number of imidazole rings is 1. The van der Waals surface area contributed by atoms with Crippen LogP contribution in [0.15, 0.2) is 30.3 Å². The molecule has 0 saturated carbocycles. The van der Waals surface area contributed by atoms with Gasteiger partial charge in [0.15, 0.2) is 5.82 Å². The van der Waals surface area contributed by atoms with Crippen molar-refractivity contribution in [3.8, 4) is 23.1 Å². The Kier molecular flexibility index (Phi) is 5.98. The Balaban J connectivity index is 1.72. The van der Waals surface area contributed by atoms with Crippen molar-refractivity contribution in [2.24, 2.45) is 7.05 Å². The highest BCUT2D eigenvalue weighted by atomic mass is 35.5. The van der Waals surface area contributed by atoms with Crippen molar-refractivity contribution in [2.75, 3.05) is 20.1 Å². The zero-order valence-corrected chi connectivity index (χ0v) is 20.6. The Labute approximate surface area is 210 Å². The van der Waals surface area contributed by atoms with E-state index in [4.69, 9.17) is 16.9 Å². The van der Waals surface area contributed by atoms with Crippen LogP contribution in [0.2, 0.25) is 5.15 Å². The number of likely N-dealkylation sites (N-methyl/N-ethyl adjacent to an activating group) is 1. The summed E-state index contributed by atoms with van der Waals surface area (Å²) in [5, 5.41) is 17.1. The van der Waals surface area contributed by atoms with E-state index in [0.29, 0.717) is 35.4 Å². The standard InChI is InChI=1S/C25H22ClF2N7O/c1-13-21(25(36)34-7-6-16(12-34)30-2)31-24(14-4-5-15(11-29)19(27)8-14)35(13)17-9-18-22(20(28)10-17)32-33(3)23(18)26/h4-5,8-10,16,30H,6-7,12H2,1-3H3/t16-/m0/s1. The molecule has 11 heteroatoms. The molecule has 4 aromatic rings. The van der Waals surface area contributed by atoms with Crippen LogP contribution in [0, 0.1) is 29.9 Å². The molecule has 1 atom stereocenters. The summed E-state index contributed by atoms with van der Waals surface area (Å²) >= 11 is 6.35. The molecule has 0 spiro atoms. The lowest BCUT2D eigenvalue weighted by Crippen LogP contribution is -2.34. The molecule has 1 amide bonds. The van der Waals surface area contributed by atoms with Gasteiger partial charge in [-0.25, -0.2) is 13.8 Å². The van der Waals surface area contributed by atoms with Gasteiger partial charge in [0.25, 0.3) is 5.91 Å². The smallest absolute Gasteiger partial charge is 0.274 e. The molecule has 1 N–H and O–H groups in total. The highest BCUT2D eigenvalue weighted by Gasteiger charge is 2.31. The number of aromatic nitrogens is 4. The Morgan fingerprint density at radius 1 is 1.25 bits per heavy atom. The number of likely N-dealkylation sites (tertiary alicyclic amines) is 1. The molecule has 5 rings (SSSR count). The Morgan fingerprint density at radius 2 is 2.03 bits per heavy atom. The summed E-state index contributed by atoms with van der Waals surface area (Å²) in [4.78, 5) is 19.8. The molecule has 1 fully saturated rings. The third-order valence-corrected chi connectivity index (χ3v) is 7.05. The number of nitriles is 1. The summed E-state index contributed by atoms with van der Waals surface area (Å²) in [7, 11) is 3.46. The normalized spacial score (nSPS) is 15.6. The molecule has 2 aromatic heterocycles. The molecule has 0 aliphatic carbocycles. The molecule has 1 saturated heterocycles. The van der Waals surface area contributed by atoms with Crippen LogP contribution in [0.5, 0.6) is 0 Å². The van der Waals surface area contributed by atoms with Gasteiger partial charge in [0.1, 0.15) is 34.1 Å². The van der Waals surface area contributed by atoms with E-state index in [0.717, 1.165) is 6.42 Å². The highest BCUT2D eigenvalue weighted by Crippen LogP contribution is 2.33. The van der Waals surface area contributed by atoms with E-state index in [9.17, 15) is 9.18 Å². The molecule has 36 heavy (non-hydrogen) atoms. The Hall–Kier alpha value is -3.81. The SMILES string of the molecule is CN[C@H]1CCN(C(=O)c2nc(-c3ccc(C#N)c(F)c3)n(-c3cc(F)c4nn(C)c(Cl)c4c3)c2C)C1. The van der Waals surface area contributed by atoms with Crippen LogP contribution in [-0.2, 0) is 7.05 Å². The molecule has 1 aliphatic heterocycles. The Bertz CT molecular complexity index is 1570. The molecule has 0 radical (unpaired) electrons. The van der Waals surface area contributed by atoms with Crippen LogP contribution < -0.4 is 5.32 Å². The topological polar surface area (TPSA) is 91.8 Å². The van der Waals surface area contributed by atoms with Crippen molar-refractivity contribution in [3.63, 3.8) is 0 Å². The zero-order chi connectivity index (χ0) is 25.7. The Morgan fingerprint density at radius 3 is 2.69 bits per heavy atom. The average Bonchev–Trinajstić information content (AvgIpc) is 3.56. The second kappa shape index (κ2) is 9.00. The number of rotatable bonds is 4. The summed E-state index contributed by atoms with van der Waals surface area (Å²) in [6.45, 7) is 2.82. The summed E-state index contributed by atoms with van der Waals surface area (Å²) < 4.78 is 32.6. The van der Waals surface area contributed by atoms with Crippen LogP contribution in [0.4, 0.5) is 8.78 Å². The fraction of sp³-hybridized carbons (Fsp3) is 0.280. The van der Waals surface area contributed by atoms with Gasteiger partial charge in [-0.15, -0.1) is 0 Å². The van der Waals surface area contributed by atoms with Gasteiger partial charge in [0.2, 0.25) is 0 Å². The number of benzene rings is 2. The van der Waals surface area contributed by atoms with Crippen LogP contribution in [-0.4, -0.2) is 56.3 Å². The number of aryl methyl sites for hydroxylation is 1. The van der Waals surface area contributed by atoms with Crippen molar-refractivity contribution >= 4 is 28.4 Å². The van der Waals surface area contributed by atoms with Crippen LogP contribution in [0.25, 0.3) is 28.0 Å². The number of fused-ring (bicyclic) bond motifs is 1. The number of halogens is 3. The number of hydrogen-bond acceptors (Lipinski definition) is 5. The maximum atomic E-state index is 15.1. The van der Waals surface area contributed by atoms with Gasteiger partial charge in [-0.1, -0.05) is 11.6 Å². The summed E-state index contributed by atoms with van der Waals surface area (Å²) in [5.41, 5.74) is 1.33. The second-order valence-corrected chi connectivity index (χ2v) is 9.13. The predicted octanol–water partition coefficient (Wildman–Crippen LogP) is 3.97. The molecule has 184 valence electrons. The van der Waals surface area contributed by atoms with E-state index in [1.54, 1.807) is 41.6 Å². The monoisotopic (exact) mass is 509 g/mol. The first-order chi connectivity index (χ1) is 17.2. The fourth-order valence-electron chi connectivity index (χ4n) is 4.63. The van der Waals surface area contributed by atoms with E-state index in [2.05, 4.69) is 15.4 Å². The quantitative estimate of drug-likeness (QED) is 0.449. The number of carbonyl (C=O) groups is 1. The number of nitrogens with zero attached hydrogens (tertiary/aromatic N) is 6. The van der Waals surface area contributed by atoms with Gasteiger partial charge < -0.3 is 10.2 Å². The minimum Gasteiger partial charge on any atom is -0.336 e. The van der Waals surface area contributed by atoms with Crippen molar-refractivity contribution in [2.45, 2.75) is 19.4 Å². The van der Waals surface area contributed by atoms with Crippen molar-refractivity contribution in [3.05, 3.63) is 64.1 Å². The lowest BCUT2D eigenvalue weighted by molar-refractivity contribution is 0.0783. The molecule has 1 aliphatic rings.